The van der Waals surface area contributed by atoms with Crippen LogP contribution in [-0.4, -0.2) is 59.4 Å². The lowest BCUT2D eigenvalue weighted by Gasteiger charge is -2.23. The van der Waals surface area contributed by atoms with Crippen LogP contribution in [-0.2, 0) is 19.6 Å². The van der Waals surface area contributed by atoms with Crippen LogP contribution in [0.1, 0.15) is 23.2 Å². The predicted octanol–water partition coefficient (Wildman–Crippen LogP) is 2.66. The summed E-state index contributed by atoms with van der Waals surface area (Å²) in [4.78, 5) is 25.4. The highest BCUT2D eigenvalue weighted by atomic mass is 35.5. The fourth-order valence-corrected chi connectivity index (χ4v) is 4.53. The van der Waals surface area contributed by atoms with Crippen LogP contribution in [0, 0.1) is 0 Å². The molecule has 3 rings (SSSR count). The summed E-state index contributed by atoms with van der Waals surface area (Å²) in [5, 5.41) is 5.65. The molecule has 2 N–H and O–H groups in total. The molecule has 2 aromatic carbocycles. The number of nitrogens with one attached hydrogen (secondary N) is 2. The maximum atomic E-state index is 12.8. The van der Waals surface area contributed by atoms with Crippen LogP contribution in [0.15, 0.2) is 42.5 Å². The van der Waals surface area contributed by atoms with Gasteiger partial charge >= 0.3 is 0 Å². The molecule has 1 heterocycles. The molecule has 1 aliphatic rings. The number of rotatable bonds is 9. The minimum atomic E-state index is -3.81. The van der Waals surface area contributed by atoms with Gasteiger partial charge in [0.25, 0.3) is 5.91 Å². The van der Waals surface area contributed by atoms with E-state index in [0.29, 0.717) is 18.9 Å². The topological polar surface area (TPSA) is 114 Å². The maximum Gasteiger partial charge on any atom is 0.253 e. The summed E-state index contributed by atoms with van der Waals surface area (Å²) in [6.07, 6.45) is 2.82. The zero-order valence-corrected chi connectivity index (χ0v) is 19.9. The number of anilines is 2. The Morgan fingerprint density at radius 1 is 1.24 bits per heavy atom. The molecule has 0 unspecified atom stereocenters. The Hall–Kier alpha value is -2.82. The number of benzene rings is 2. The van der Waals surface area contributed by atoms with Gasteiger partial charge < -0.3 is 20.1 Å². The Kier molecular flexibility index (Phi) is 8.17. The molecule has 2 aromatic rings. The second-order valence-corrected chi connectivity index (χ2v) is 9.84. The van der Waals surface area contributed by atoms with E-state index >= 15 is 0 Å². The number of halogens is 1. The summed E-state index contributed by atoms with van der Waals surface area (Å²) in [5.41, 5.74) is 0.747. The highest BCUT2D eigenvalue weighted by Gasteiger charge is 2.23. The Bertz CT molecular complexity index is 1120. The van der Waals surface area contributed by atoms with E-state index in [1.165, 1.54) is 25.3 Å². The van der Waals surface area contributed by atoms with E-state index in [1.807, 2.05) is 0 Å². The number of sulfonamides is 1. The van der Waals surface area contributed by atoms with E-state index in [1.54, 1.807) is 24.3 Å². The average Bonchev–Trinajstić information content (AvgIpc) is 3.29. The molecule has 33 heavy (non-hydrogen) atoms. The average molecular weight is 496 g/mol. The van der Waals surface area contributed by atoms with Crippen LogP contribution < -0.4 is 19.7 Å². The van der Waals surface area contributed by atoms with Crippen molar-refractivity contribution in [2.45, 2.75) is 18.9 Å². The normalized spacial score (nSPS) is 15.7. The molecule has 0 radical (unpaired) electrons. The molecule has 178 valence electrons. The first kappa shape index (κ1) is 24.8. The number of methoxy groups -OCH3 is 1. The van der Waals surface area contributed by atoms with Crippen LogP contribution in [0.3, 0.4) is 0 Å². The summed E-state index contributed by atoms with van der Waals surface area (Å²) in [6, 6.07) is 10.9. The van der Waals surface area contributed by atoms with Crippen molar-refractivity contribution < 1.29 is 27.5 Å². The highest BCUT2D eigenvalue weighted by Crippen LogP contribution is 2.30. The van der Waals surface area contributed by atoms with Gasteiger partial charge in [0.15, 0.2) is 0 Å². The van der Waals surface area contributed by atoms with Crippen molar-refractivity contribution in [3.05, 3.63) is 53.1 Å². The Balaban J connectivity index is 1.73. The first-order valence-corrected chi connectivity index (χ1v) is 12.5. The minimum Gasteiger partial charge on any atom is -0.495 e. The van der Waals surface area contributed by atoms with E-state index in [4.69, 9.17) is 21.1 Å². The minimum absolute atomic E-state index is 0.0182. The third-order valence-electron chi connectivity index (χ3n) is 5.07. The highest BCUT2D eigenvalue weighted by molar-refractivity contribution is 7.92. The van der Waals surface area contributed by atoms with Crippen molar-refractivity contribution in [3.8, 4) is 5.75 Å². The van der Waals surface area contributed by atoms with Gasteiger partial charge in [-0.3, -0.25) is 13.9 Å². The van der Waals surface area contributed by atoms with E-state index in [9.17, 15) is 18.0 Å². The predicted molar refractivity (Wildman–Crippen MR) is 127 cm³/mol. The van der Waals surface area contributed by atoms with Crippen molar-refractivity contribution in [3.63, 3.8) is 0 Å². The van der Waals surface area contributed by atoms with Gasteiger partial charge in [0.05, 0.1) is 41.4 Å². The zero-order valence-electron chi connectivity index (χ0n) is 18.3. The van der Waals surface area contributed by atoms with Crippen LogP contribution in [0.4, 0.5) is 11.4 Å². The van der Waals surface area contributed by atoms with Gasteiger partial charge in [0.2, 0.25) is 15.9 Å². The van der Waals surface area contributed by atoms with Gasteiger partial charge in [0, 0.05) is 13.2 Å². The fourth-order valence-electron chi connectivity index (χ4n) is 3.43. The first-order valence-electron chi connectivity index (χ1n) is 10.3. The summed E-state index contributed by atoms with van der Waals surface area (Å²) in [6.45, 7) is 0.554. The summed E-state index contributed by atoms with van der Waals surface area (Å²) < 4.78 is 36.3. The van der Waals surface area contributed by atoms with Gasteiger partial charge in [-0.2, -0.15) is 0 Å². The molecule has 2 amide bonds. The first-order chi connectivity index (χ1) is 15.7. The number of ether oxygens (including phenoxy) is 2. The number of amides is 2. The number of carbonyl (C=O) groups is 2. The van der Waals surface area contributed by atoms with E-state index in [-0.39, 0.29) is 34.0 Å². The van der Waals surface area contributed by atoms with Gasteiger partial charge in [-0.05, 0) is 43.2 Å². The molecule has 9 nitrogen and oxygen atoms in total. The largest absolute Gasteiger partial charge is 0.495 e. The molecule has 0 aliphatic carbocycles. The van der Waals surface area contributed by atoms with Crippen LogP contribution in [0.5, 0.6) is 5.75 Å². The molecular weight excluding hydrogens is 470 g/mol. The summed E-state index contributed by atoms with van der Waals surface area (Å²) >= 11 is 6.12. The van der Waals surface area contributed by atoms with Gasteiger partial charge in [0.1, 0.15) is 12.3 Å². The molecule has 0 spiro atoms. The van der Waals surface area contributed by atoms with Crippen molar-refractivity contribution >= 4 is 44.8 Å². The second-order valence-electron chi connectivity index (χ2n) is 7.53. The smallest absolute Gasteiger partial charge is 0.253 e. The number of para-hydroxylation sites is 1. The van der Waals surface area contributed by atoms with Crippen molar-refractivity contribution in [1.29, 1.82) is 0 Å². The third-order valence-corrected chi connectivity index (χ3v) is 6.51. The lowest BCUT2D eigenvalue weighted by atomic mass is 10.1. The van der Waals surface area contributed by atoms with E-state index in [2.05, 4.69) is 10.6 Å². The summed E-state index contributed by atoms with van der Waals surface area (Å²) in [7, 11) is -2.36. The maximum absolute atomic E-state index is 12.8. The fraction of sp³-hybridized carbons (Fsp3) is 0.364. The zero-order chi connectivity index (χ0) is 24.0. The molecular formula is C22H26ClN3O6S. The molecule has 0 bridgehead atoms. The Morgan fingerprint density at radius 3 is 2.64 bits per heavy atom. The van der Waals surface area contributed by atoms with Crippen molar-refractivity contribution in [2.24, 2.45) is 0 Å². The Labute approximate surface area is 198 Å². The lowest BCUT2D eigenvalue weighted by Crippen LogP contribution is -2.38. The second kappa shape index (κ2) is 10.9. The number of carbonyl (C=O) groups excluding carboxylic acids is 2. The monoisotopic (exact) mass is 495 g/mol. The van der Waals surface area contributed by atoms with Crippen molar-refractivity contribution in [1.82, 2.24) is 5.32 Å². The number of hydrogen-bond donors (Lipinski definition) is 2. The summed E-state index contributed by atoms with van der Waals surface area (Å²) in [5.74, 6) is -0.601. The van der Waals surface area contributed by atoms with Gasteiger partial charge in [-0.25, -0.2) is 8.42 Å². The molecule has 1 fully saturated rings. The van der Waals surface area contributed by atoms with Crippen LogP contribution >= 0.6 is 11.6 Å². The van der Waals surface area contributed by atoms with E-state index in [0.717, 1.165) is 23.4 Å². The SMILES string of the molecule is COc1ccc(N(CC(=O)Nc2ccccc2C(=O)NC[C@@H]2CCCO2)S(C)(=O)=O)cc1Cl. The molecule has 0 aromatic heterocycles. The molecule has 11 heteroatoms. The molecule has 1 aliphatic heterocycles. The lowest BCUT2D eigenvalue weighted by molar-refractivity contribution is -0.114. The standard InChI is InChI=1S/C22H26ClN3O6S/c1-31-20-10-9-15(12-18(20)23)26(33(2,29)30)14-21(27)25-19-8-4-3-7-17(19)22(28)24-13-16-6-5-11-32-16/h3-4,7-10,12,16H,5-6,11,13-14H2,1-2H3,(H,24,28)(H,25,27)/t16-/m0/s1. The number of nitrogens with zero attached hydrogens (tertiary/aromatic N) is 1. The molecule has 0 saturated carbocycles. The van der Waals surface area contributed by atoms with Gasteiger partial charge in [-0.1, -0.05) is 23.7 Å². The Morgan fingerprint density at radius 2 is 2.00 bits per heavy atom. The third kappa shape index (κ3) is 6.59. The van der Waals surface area contributed by atoms with Crippen LogP contribution in [0.2, 0.25) is 5.02 Å². The van der Waals surface area contributed by atoms with E-state index < -0.39 is 22.5 Å². The number of hydrogen-bond acceptors (Lipinski definition) is 6. The van der Waals surface area contributed by atoms with Crippen LogP contribution in [0.25, 0.3) is 0 Å². The molecule has 1 saturated heterocycles. The van der Waals surface area contributed by atoms with Crippen molar-refractivity contribution in [2.75, 3.05) is 42.7 Å². The quantitative estimate of drug-likeness (QED) is 0.553. The molecule has 1 atom stereocenters. The van der Waals surface area contributed by atoms with Gasteiger partial charge in [-0.15, -0.1) is 0 Å².